The quantitative estimate of drug-likeness (QED) is 0.751. The summed E-state index contributed by atoms with van der Waals surface area (Å²) in [6.45, 7) is 2.83. The summed E-state index contributed by atoms with van der Waals surface area (Å²) in [4.78, 5) is 16.5. The topological polar surface area (TPSA) is 46.9 Å². The van der Waals surface area contributed by atoms with Crippen LogP contribution in [0.4, 0.5) is 0 Å². The Bertz CT molecular complexity index is 764. The molecule has 0 bridgehead atoms. The van der Waals surface area contributed by atoms with E-state index in [4.69, 9.17) is 0 Å². The SMILES string of the molecule is CC[C@@H](NC(=O)c1ccc(Cn2ccnc2)cc1)c1ccccc1. The number of nitrogens with one attached hydrogen (secondary N) is 1. The third-order valence-electron chi connectivity index (χ3n) is 4.06. The van der Waals surface area contributed by atoms with E-state index in [1.165, 1.54) is 0 Å². The summed E-state index contributed by atoms with van der Waals surface area (Å²) in [5, 5.41) is 3.11. The zero-order valence-corrected chi connectivity index (χ0v) is 13.7. The average Bonchev–Trinajstić information content (AvgIpc) is 3.14. The molecule has 1 amide bonds. The first kappa shape index (κ1) is 16.0. The van der Waals surface area contributed by atoms with Gasteiger partial charge >= 0.3 is 0 Å². The lowest BCUT2D eigenvalue weighted by atomic mass is 10.0. The van der Waals surface area contributed by atoms with Crippen LogP contribution in [-0.2, 0) is 6.54 Å². The monoisotopic (exact) mass is 319 g/mol. The van der Waals surface area contributed by atoms with Crippen LogP contribution in [0.15, 0.2) is 73.3 Å². The van der Waals surface area contributed by atoms with Crippen molar-refractivity contribution < 1.29 is 4.79 Å². The van der Waals surface area contributed by atoms with Crippen molar-refractivity contribution in [2.45, 2.75) is 25.9 Å². The summed E-state index contributed by atoms with van der Waals surface area (Å²) in [6, 6.07) is 17.8. The van der Waals surface area contributed by atoms with Crippen LogP contribution in [0.2, 0.25) is 0 Å². The third kappa shape index (κ3) is 3.90. The molecule has 0 saturated heterocycles. The number of carbonyl (C=O) groups excluding carboxylic acids is 1. The number of hydrogen-bond acceptors (Lipinski definition) is 2. The largest absolute Gasteiger partial charge is 0.345 e. The van der Waals surface area contributed by atoms with Crippen molar-refractivity contribution in [3.05, 3.63) is 90.0 Å². The number of imidazole rings is 1. The van der Waals surface area contributed by atoms with E-state index < -0.39 is 0 Å². The van der Waals surface area contributed by atoms with Crippen molar-refractivity contribution in [1.29, 1.82) is 0 Å². The number of nitrogens with zero attached hydrogens (tertiary/aromatic N) is 2. The Hall–Kier alpha value is -2.88. The molecule has 0 fully saturated rings. The molecule has 3 rings (SSSR count). The van der Waals surface area contributed by atoms with Crippen LogP contribution in [-0.4, -0.2) is 15.5 Å². The Morgan fingerprint density at radius 1 is 1.12 bits per heavy atom. The summed E-state index contributed by atoms with van der Waals surface area (Å²) in [7, 11) is 0. The molecular formula is C20H21N3O. The molecule has 3 aromatic rings. The first-order valence-electron chi connectivity index (χ1n) is 8.16. The Kier molecular flexibility index (Phi) is 5.06. The highest BCUT2D eigenvalue weighted by atomic mass is 16.1. The molecule has 4 heteroatoms. The van der Waals surface area contributed by atoms with Gasteiger partial charge in [-0.15, -0.1) is 0 Å². The average molecular weight is 319 g/mol. The lowest BCUT2D eigenvalue weighted by molar-refractivity contribution is 0.0935. The van der Waals surface area contributed by atoms with Crippen LogP contribution in [0, 0.1) is 0 Å². The molecule has 4 nitrogen and oxygen atoms in total. The standard InChI is InChI=1S/C20H21N3O/c1-2-19(17-6-4-3-5-7-17)22-20(24)18-10-8-16(9-11-18)14-23-13-12-21-15-23/h3-13,15,19H,2,14H2,1H3,(H,22,24)/t19-/m1/s1. The van der Waals surface area contributed by atoms with Gasteiger partial charge in [0.1, 0.15) is 0 Å². The number of amides is 1. The maximum atomic E-state index is 12.5. The molecule has 0 unspecified atom stereocenters. The van der Waals surface area contributed by atoms with E-state index in [2.05, 4.69) is 17.2 Å². The number of benzene rings is 2. The zero-order valence-electron chi connectivity index (χ0n) is 13.7. The highest BCUT2D eigenvalue weighted by Crippen LogP contribution is 2.17. The maximum Gasteiger partial charge on any atom is 0.251 e. The van der Waals surface area contributed by atoms with Crippen LogP contribution < -0.4 is 5.32 Å². The van der Waals surface area contributed by atoms with E-state index in [0.29, 0.717) is 5.56 Å². The predicted molar refractivity (Wildman–Crippen MR) is 94.7 cm³/mol. The minimum atomic E-state index is -0.0418. The Labute approximate surface area is 142 Å². The fourth-order valence-corrected chi connectivity index (χ4v) is 2.70. The van der Waals surface area contributed by atoms with Crippen molar-refractivity contribution in [3.63, 3.8) is 0 Å². The minimum absolute atomic E-state index is 0.0318. The Balaban J connectivity index is 1.66. The van der Waals surface area contributed by atoms with Gasteiger partial charge < -0.3 is 9.88 Å². The lowest BCUT2D eigenvalue weighted by Crippen LogP contribution is -2.28. The highest BCUT2D eigenvalue weighted by molar-refractivity contribution is 5.94. The van der Waals surface area contributed by atoms with Gasteiger partial charge in [-0.1, -0.05) is 49.4 Å². The van der Waals surface area contributed by atoms with Crippen molar-refractivity contribution in [2.75, 3.05) is 0 Å². The van der Waals surface area contributed by atoms with Gasteiger partial charge in [-0.2, -0.15) is 0 Å². The van der Waals surface area contributed by atoms with Crippen LogP contribution in [0.25, 0.3) is 0 Å². The number of hydrogen-bond donors (Lipinski definition) is 1. The summed E-state index contributed by atoms with van der Waals surface area (Å²) < 4.78 is 2.00. The summed E-state index contributed by atoms with van der Waals surface area (Å²) in [6.07, 6.45) is 6.32. The van der Waals surface area contributed by atoms with Gasteiger partial charge in [0.2, 0.25) is 0 Å². The molecule has 0 aliphatic carbocycles. The van der Waals surface area contributed by atoms with E-state index >= 15 is 0 Å². The van der Waals surface area contributed by atoms with Crippen molar-refractivity contribution in [3.8, 4) is 0 Å². The predicted octanol–water partition coefficient (Wildman–Crippen LogP) is 3.81. The van der Waals surface area contributed by atoms with E-state index in [1.54, 1.807) is 12.5 Å². The summed E-state index contributed by atoms with van der Waals surface area (Å²) >= 11 is 0. The van der Waals surface area contributed by atoms with Crippen molar-refractivity contribution >= 4 is 5.91 Å². The van der Waals surface area contributed by atoms with Gasteiger partial charge in [-0.25, -0.2) is 4.98 Å². The molecule has 1 aromatic heterocycles. The first-order valence-corrected chi connectivity index (χ1v) is 8.16. The molecular weight excluding hydrogens is 298 g/mol. The fraction of sp³-hybridized carbons (Fsp3) is 0.200. The zero-order chi connectivity index (χ0) is 16.8. The van der Waals surface area contributed by atoms with Crippen LogP contribution in [0.1, 0.15) is 40.9 Å². The van der Waals surface area contributed by atoms with Crippen LogP contribution in [0.5, 0.6) is 0 Å². The molecule has 0 aliphatic rings. The minimum Gasteiger partial charge on any atom is -0.345 e. The Morgan fingerprint density at radius 3 is 2.50 bits per heavy atom. The maximum absolute atomic E-state index is 12.5. The van der Waals surface area contributed by atoms with Gasteiger partial charge in [0, 0.05) is 24.5 Å². The number of aromatic nitrogens is 2. The smallest absolute Gasteiger partial charge is 0.251 e. The number of carbonyl (C=O) groups is 1. The van der Waals surface area contributed by atoms with E-state index in [1.807, 2.05) is 65.4 Å². The van der Waals surface area contributed by atoms with Gasteiger partial charge in [0.15, 0.2) is 0 Å². The molecule has 1 heterocycles. The fourth-order valence-electron chi connectivity index (χ4n) is 2.70. The normalized spacial score (nSPS) is 11.9. The van der Waals surface area contributed by atoms with Crippen molar-refractivity contribution in [1.82, 2.24) is 14.9 Å². The van der Waals surface area contributed by atoms with E-state index in [0.717, 1.165) is 24.1 Å². The molecule has 122 valence electrons. The molecule has 1 N–H and O–H groups in total. The molecule has 24 heavy (non-hydrogen) atoms. The van der Waals surface area contributed by atoms with E-state index in [9.17, 15) is 4.79 Å². The van der Waals surface area contributed by atoms with Gasteiger partial charge in [0.05, 0.1) is 12.4 Å². The van der Waals surface area contributed by atoms with E-state index in [-0.39, 0.29) is 11.9 Å². The second-order valence-corrected chi connectivity index (χ2v) is 5.78. The van der Waals surface area contributed by atoms with Gasteiger partial charge in [-0.05, 0) is 29.7 Å². The lowest BCUT2D eigenvalue weighted by Gasteiger charge is -2.17. The summed E-state index contributed by atoms with van der Waals surface area (Å²) in [5.74, 6) is -0.0418. The number of rotatable bonds is 6. The first-order chi connectivity index (χ1) is 11.8. The summed E-state index contributed by atoms with van der Waals surface area (Å²) in [5.41, 5.74) is 2.95. The molecule has 1 atom stereocenters. The molecule has 0 saturated carbocycles. The van der Waals surface area contributed by atoms with Crippen LogP contribution >= 0.6 is 0 Å². The second-order valence-electron chi connectivity index (χ2n) is 5.78. The van der Waals surface area contributed by atoms with Crippen molar-refractivity contribution in [2.24, 2.45) is 0 Å². The van der Waals surface area contributed by atoms with Crippen LogP contribution in [0.3, 0.4) is 0 Å². The Morgan fingerprint density at radius 2 is 1.88 bits per heavy atom. The van der Waals surface area contributed by atoms with Gasteiger partial charge in [0.25, 0.3) is 5.91 Å². The third-order valence-corrected chi connectivity index (χ3v) is 4.06. The molecule has 2 aromatic carbocycles. The second kappa shape index (κ2) is 7.59. The molecule has 0 radical (unpaired) electrons. The molecule has 0 spiro atoms. The van der Waals surface area contributed by atoms with Gasteiger partial charge in [-0.3, -0.25) is 4.79 Å². The molecule has 0 aliphatic heterocycles. The highest BCUT2D eigenvalue weighted by Gasteiger charge is 2.13.